The van der Waals surface area contributed by atoms with Crippen LogP contribution in [0.5, 0.6) is 5.75 Å². The lowest BCUT2D eigenvalue weighted by Gasteiger charge is -2.17. The molecule has 0 saturated heterocycles. The smallest absolute Gasteiger partial charge is 0.469 e. The van der Waals surface area contributed by atoms with E-state index in [4.69, 9.17) is 20.0 Å². The molecule has 0 amide bonds. The first-order chi connectivity index (χ1) is 11.5. The number of nitrogens with one attached hydrogen (secondary N) is 1. The minimum Gasteiger partial charge on any atom is -0.506 e. The van der Waals surface area contributed by atoms with E-state index in [1.807, 2.05) is 0 Å². The highest BCUT2D eigenvalue weighted by Gasteiger charge is 2.21. The molecule has 11 nitrogen and oxygen atoms in total. The van der Waals surface area contributed by atoms with Gasteiger partial charge in [-0.05, 0) is 13.3 Å². The average molecular weight is 378 g/mol. The Morgan fingerprint density at radius 3 is 2.52 bits per heavy atom. The molecule has 1 rings (SSSR count). The van der Waals surface area contributed by atoms with E-state index >= 15 is 0 Å². The van der Waals surface area contributed by atoms with E-state index < -0.39 is 32.4 Å². The molecule has 1 heterocycles. The number of hydrogen-bond acceptors (Lipinski definition) is 7. The maximum absolute atomic E-state index is 11.2. The Hall–Kier alpha value is -2.04. The summed E-state index contributed by atoms with van der Waals surface area (Å²) < 4.78 is 15.2. The molecular formula is C13H19N2O9P. The van der Waals surface area contributed by atoms with Gasteiger partial charge in [-0.15, -0.1) is 0 Å². The number of rotatable bonds is 10. The molecule has 0 bridgehead atoms. The van der Waals surface area contributed by atoms with Crippen molar-refractivity contribution in [3.8, 4) is 5.75 Å². The maximum atomic E-state index is 11.2. The fourth-order valence-corrected chi connectivity index (χ4v) is 2.27. The predicted octanol–water partition coefficient (Wildman–Crippen LogP) is 0.113. The fourth-order valence-electron chi connectivity index (χ4n) is 1.97. The van der Waals surface area contributed by atoms with Crippen LogP contribution in [0.4, 0.5) is 0 Å². The van der Waals surface area contributed by atoms with Gasteiger partial charge in [0.1, 0.15) is 11.8 Å². The van der Waals surface area contributed by atoms with Gasteiger partial charge >= 0.3 is 19.8 Å². The van der Waals surface area contributed by atoms with Gasteiger partial charge in [0.2, 0.25) is 0 Å². The second kappa shape index (κ2) is 8.88. The molecule has 140 valence electrons. The first-order valence-corrected chi connectivity index (χ1v) is 8.58. The van der Waals surface area contributed by atoms with Crippen molar-refractivity contribution in [3.05, 3.63) is 23.0 Å². The fraction of sp³-hybridized carbons (Fsp3) is 0.462. The number of aliphatic carboxylic acids is 2. The van der Waals surface area contributed by atoms with Gasteiger partial charge in [-0.1, -0.05) is 0 Å². The molecule has 0 aliphatic heterocycles. The molecule has 0 aromatic carbocycles. The lowest BCUT2D eigenvalue weighted by molar-refractivity contribution is -0.140. The van der Waals surface area contributed by atoms with E-state index in [1.54, 1.807) is 0 Å². The lowest BCUT2D eigenvalue weighted by Crippen LogP contribution is -2.37. The highest BCUT2D eigenvalue weighted by Crippen LogP contribution is 2.38. The highest BCUT2D eigenvalue weighted by molar-refractivity contribution is 7.46. The number of carbonyl (C=O) groups is 2. The van der Waals surface area contributed by atoms with Gasteiger partial charge in [-0.25, -0.2) is 4.57 Å². The molecule has 0 fully saturated rings. The van der Waals surface area contributed by atoms with Gasteiger partial charge in [-0.3, -0.25) is 19.1 Å². The molecule has 6 N–H and O–H groups in total. The van der Waals surface area contributed by atoms with Gasteiger partial charge in [0.05, 0.1) is 12.3 Å². The van der Waals surface area contributed by atoms with Crippen LogP contribution in [0.3, 0.4) is 0 Å². The van der Waals surface area contributed by atoms with Crippen molar-refractivity contribution >= 4 is 19.8 Å². The summed E-state index contributed by atoms with van der Waals surface area (Å²) >= 11 is 0. The number of hydrogen-bond donors (Lipinski definition) is 6. The van der Waals surface area contributed by atoms with Crippen molar-refractivity contribution in [3.63, 3.8) is 0 Å². The SMILES string of the molecule is Cc1ncc(COP(=O)(O)O)c(CNC(CCC(=O)O)C(=O)O)c1O. The quantitative estimate of drug-likeness (QED) is 0.303. The Balaban J connectivity index is 2.94. The minimum atomic E-state index is -4.74. The second-order valence-corrected chi connectivity index (χ2v) is 6.40. The van der Waals surface area contributed by atoms with Crippen LogP contribution in [-0.4, -0.2) is 48.1 Å². The second-order valence-electron chi connectivity index (χ2n) is 5.16. The van der Waals surface area contributed by atoms with Crippen LogP contribution in [-0.2, 0) is 31.8 Å². The summed E-state index contributed by atoms with van der Waals surface area (Å²) in [6.07, 6.45) is 0.706. The molecule has 0 radical (unpaired) electrons. The number of carboxylic acids is 2. The average Bonchev–Trinajstić information content (AvgIpc) is 2.48. The summed E-state index contributed by atoms with van der Waals surface area (Å²) in [4.78, 5) is 43.1. The van der Waals surface area contributed by atoms with E-state index in [2.05, 4.69) is 14.8 Å². The van der Waals surface area contributed by atoms with Crippen LogP contribution in [0.15, 0.2) is 6.20 Å². The Labute approximate surface area is 142 Å². The van der Waals surface area contributed by atoms with Crippen LogP contribution in [0, 0.1) is 6.92 Å². The van der Waals surface area contributed by atoms with Crippen LogP contribution in [0.25, 0.3) is 0 Å². The molecule has 1 aromatic heterocycles. The third kappa shape index (κ3) is 7.16. The van der Waals surface area contributed by atoms with E-state index in [-0.39, 0.29) is 42.0 Å². The largest absolute Gasteiger partial charge is 0.506 e. The van der Waals surface area contributed by atoms with Crippen molar-refractivity contribution in [2.45, 2.75) is 39.0 Å². The number of nitrogens with zero attached hydrogens (tertiary/aromatic N) is 1. The van der Waals surface area contributed by atoms with Crippen molar-refractivity contribution < 1.29 is 43.8 Å². The summed E-state index contributed by atoms with van der Waals surface area (Å²) in [7, 11) is -4.74. The summed E-state index contributed by atoms with van der Waals surface area (Å²) in [6, 6.07) is -1.18. The third-order valence-electron chi connectivity index (χ3n) is 3.29. The molecular weight excluding hydrogens is 359 g/mol. The van der Waals surface area contributed by atoms with Gasteiger partial charge in [0, 0.05) is 30.3 Å². The number of aryl methyl sites for hydroxylation is 1. The van der Waals surface area contributed by atoms with Gasteiger partial charge in [0.25, 0.3) is 0 Å². The molecule has 12 heteroatoms. The molecule has 0 saturated carbocycles. The highest BCUT2D eigenvalue weighted by atomic mass is 31.2. The topological polar surface area (TPSA) is 187 Å². The van der Waals surface area contributed by atoms with Crippen LogP contribution in [0.1, 0.15) is 29.7 Å². The zero-order chi connectivity index (χ0) is 19.2. The number of phosphoric acid groups is 1. The summed E-state index contributed by atoms with van der Waals surface area (Å²) in [5.74, 6) is -2.69. The van der Waals surface area contributed by atoms with E-state index in [0.717, 1.165) is 0 Å². The summed E-state index contributed by atoms with van der Waals surface area (Å²) in [5, 5.41) is 30.4. The van der Waals surface area contributed by atoms with Crippen molar-refractivity contribution in [1.82, 2.24) is 10.3 Å². The molecule has 25 heavy (non-hydrogen) atoms. The normalized spacial score (nSPS) is 12.8. The number of aromatic nitrogens is 1. The predicted molar refractivity (Wildman–Crippen MR) is 82.6 cm³/mol. The Kier molecular flexibility index (Phi) is 7.46. The van der Waals surface area contributed by atoms with Crippen molar-refractivity contribution in [2.75, 3.05) is 0 Å². The zero-order valence-electron chi connectivity index (χ0n) is 13.2. The number of aromatic hydroxyl groups is 1. The van der Waals surface area contributed by atoms with Gasteiger partial charge in [-0.2, -0.15) is 0 Å². The van der Waals surface area contributed by atoms with Crippen LogP contribution in [0.2, 0.25) is 0 Å². The molecule has 0 aliphatic rings. The first-order valence-electron chi connectivity index (χ1n) is 7.05. The zero-order valence-corrected chi connectivity index (χ0v) is 14.1. The standard InChI is InChI=1S/C13H19N2O9P/c1-7-12(18)9(8(4-14-7)6-24-25(21,22)23)5-15-10(13(19)20)2-3-11(16)17/h4,10,15,18H,2-3,5-6H2,1H3,(H,16,17)(H,19,20)(H2,21,22,23). The molecule has 1 aromatic rings. The van der Waals surface area contributed by atoms with E-state index in [1.165, 1.54) is 13.1 Å². The monoisotopic (exact) mass is 378 g/mol. The third-order valence-corrected chi connectivity index (χ3v) is 3.75. The van der Waals surface area contributed by atoms with E-state index in [9.17, 15) is 19.3 Å². The number of phosphoric ester groups is 1. The van der Waals surface area contributed by atoms with Crippen LogP contribution >= 0.6 is 7.82 Å². The molecule has 0 aliphatic carbocycles. The first kappa shape index (κ1) is 21.0. The number of carboxylic acid groups (broad SMARTS) is 2. The van der Waals surface area contributed by atoms with Crippen molar-refractivity contribution in [1.29, 1.82) is 0 Å². The molecule has 1 atom stereocenters. The Morgan fingerprint density at radius 1 is 1.36 bits per heavy atom. The van der Waals surface area contributed by atoms with Crippen molar-refractivity contribution in [2.24, 2.45) is 0 Å². The molecule has 0 spiro atoms. The van der Waals surface area contributed by atoms with E-state index in [0.29, 0.717) is 0 Å². The maximum Gasteiger partial charge on any atom is 0.469 e. The van der Waals surface area contributed by atoms with Gasteiger partial charge in [0.15, 0.2) is 0 Å². The Bertz CT molecular complexity index is 688. The summed E-state index contributed by atoms with van der Waals surface area (Å²) in [6.45, 7) is 0.756. The number of pyridine rings is 1. The minimum absolute atomic E-state index is 0.154. The van der Waals surface area contributed by atoms with Crippen LogP contribution < -0.4 is 5.32 Å². The van der Waals surface area contributed by atoms with Gasteiger partial charge < -0.3 is 30.4 Å². The molecule has 1 unspecified atom stereocenters. The lowest BCUT2D eigenvalue weighted by atomic mass is 10.1. The Morgan fingerprint density at radius 2 is 2.00 bits per heavy atom. The summed E-state index contributed by atoms with van der Waals surface area (Å²) in [5.41, 5.74) is 0.540.